The Kier molecular flexibility index (Phi) is 5.62. The van der Waals surface area contributed by atoms with Crippen molar-refractivity contribution in [2.45, 2.75) is 52.6 Å². The highest BCUT2D eigenvalue weighted by Crippen LogP contribution is 2.35. The molecular weight excluding hydrogens is 188 g/mol. The van der Waals surface area contributed by atoms with E-state index in [0.29, 0.717) is 6.10 Å². The van der Waals surface area contributed by atoms with Crippen LogP contribution in [0.2, 0.25) is 0 Å². The fourth-order valence-electron chi connectivity index (χ4n) is 2.61. The average molecular weight is 214 g/mol. The SMILES string of the molecule is CC(C)[C@H]1CC[C@@H](C)C[C@H]1OCCCO. The van der Waals surface area contributed by atoms with E-state index in [1.54, 1.807) is 0 Å². The molecule has 0 aliphatic heterocycles. The van der Waals surface area contributed by atoms with Gasteiger partial charge < -0.3 is 9.84 Å². The second kappa shape index (κ2) is 6.49. The van der Waals surface area contributed by atoms with Crippen molar-refractivity contribution in [2.24, 2.45) is 17.8 Å². The summed E-state index contributed by atoms with van der Waals surface area (Å²) >= 11 is 0. The molecule has 0 aromatic heterocycles. The Hall–Kier alpha value is -0.0800. The smallest absolute Gasteiger partial charge is 0.0608 e. The Balaban J connectivity index is 2.39. The summed E-state index contributed by atoms with van der Waals surface area (Å²) in [7, 11) is 0. The minimum atomic E-state index is 0.245. The molecule has 1 N–H and O–H groups in total. The van der Waals surface area contributed by atoms with E-state index < -0.39 is 0 Å². The molecule has 0 radical (unpaired) electrons. The number of hydrogen-bond donors (Lipinski definition) is 1. The van der Waals surface area contributed by atoms with Crippen LogP contribution in [0.3, 0.4) is 0 Å². The first-order chi connectivity index (χ1) is 7.15. The highest BCUT2D eigenvalue weighted by Gasteiger charge is 2.30. The Labute approximate surface area is 94.0 Å². The van der Waals surface area contributed by atoms with E-state index >= 15 is 0 Å². The second-order valence-electron chi connectivity index (χ2n) is 5.31. The van der Waals surface area contributed by atoms with Crippen molar-refractivity contribution in [1.29, 1.82) is 0 Å². The maximum Gasteiger partial charge on any atom is 0.0608 e. The van der Waals surface area contributed by atoms with Gasteiger partial charge in [-0.3, -0.25) is 0 Å². The van der Waals surface area contributed by atoms with E-state index in [2.05, 4.69) is 20.8 Å². The van der Waals surface area contributed by atoms with Gasteiger partial charge >= 0.3 is 0 Å². The maximum absolute atomic E-state index is 8.74. The first kappa shape index (κ1) is 13.0. The van der Waals surface area contributed by atoms with E-state index in [-0.39, 0.29) is 6.61 Å². The summed E-state index contributed by atoms with van der Waals surface area (Å²) in [5, 5.41) is 8.74. The third kappa shape index (κ3) is 4.12. The molecule has 1 aliphatic carbocycles. The fourth-order valence-corrected chi connectivity index (χ4v) is 2.61. The van der Waals surface area contributed by atoms with Crippen LogP contribution in [0, 0.1) is 17.8 Å². The molecule has 1 saturated carbocycles. The first-order valence-corrected chi connectivity index (χ1v) is 6.37. The van der Waals surface area contributed by atoms with E-state index in [0.717, 1.165) is 30.8 Å². The van der Waals surface area contributed by atoms with Gasteiger partial charge in [-0.1, -0.05) is 27.2 Å². The molecule has 90 valence electrons. The largest absolute Gasteiger partial charge is 0.396 e. The number of ether oxygens (including phenoxy) is 1. The zero-order valence-corrected chi connectivity index (χ0v) is 10.4. The molecule has 1 rings (SSSR count). The van der Waals surface area contributed by atoms with Crippen LogP contribution in [0.5, 0.6) is 0 Å². The Morgan fingerprint density at radius 1 is 1.33 bits per heavy atom. The van der Waals surface area contributed by atoms with Crippen LogP contribution in [0.25, 0.3) is 0 Å². The molecule has 0 bridgehead atoms. The number of hydrogen-bond acceptors (Lipinski definition) is 2. The second-order valence-corrected chi connectivity index (χ2v) is 5.31. The first-order valence-electron chi connectivity index (χ1n) is 6.37. The molecule has 3 atom stereocenters. The van der Waals surface area contributed by atoms with Gasteiger partial charge in [0.15, 0.2) is 0 Å². The van der Waals surface area contributed by atoms with Crippen molar-refractivity contribution in [3.05, 3.63) is 0 Å². The Morgan fingerprint density at radius 3 is 2.67 bits per heavy atom. The molecule has 0 aromatic carbocycles. The lowest BCUT2D eigenvalue weighted by Gasteiger charge is -2.37. The van der Waals surface area contributed by atoms with E-state index in [1.165, 1.54) is 19.3 Å². The maximum atomic E-state index is 8.74. The van der Waals surface area contributed by atoms with Gasteiger partial charge in [0.25, 0.3) is 0 Å². The molecular formula is C13H26O2. The minimum Gasteiger partial charge on any atom is -0.396 e. The third-order valence-corrected chi connectivity index (χ3v) is 3.60. The molecule has 0 unspecified atom stereocenters. The van der Waals surface area contributed by atoms with Crippen LogP contribution >= 0.6 is 0 Å². The quantitative estimate of drug-likeness (QED) is 0.713. The van der Waals surface area contributed by atoms with Gasteiger partial charge in [0.1, 0.15) is 0 Å². The zero-order valence-electron chi connectivity index (χ0n) is 10.4. The number of rotatable bonds is 5. The molecule has 0 spiro atoms. The monoisotopic (exact) mass is 214 g/mol. The van der Waals surface area contributed by atoms with Crippen molar-refractivity contribution in [3.63, 3.8) is 0 Å². The highest BCUT2D eigenvalue weighted by molar-refractivity contribution is 4.81. The van der Waals surface area contributed by atoms with Crippen LogP contribution in [0.15, 0.2) is 0 Å². The van der Waals surface area contributed by atoms with Gasteiger partial charge in [0, 0.05) is 13.2 Å². The minimum absolute atomic E-state index is 0.245. The standard InChI is InChI=1S/C13H26O2/c1-10(2)12-6-5-11(3)9-13(12)15-8-4-7-14/h10-14H,4-9H2,1-3H3/t11-,12-,13-/m1/s1. The molecule has 0 amide bonds. The molecule has 1 aliphatic rings. The van der Waals surface area contributed by atoms with Gasteiger partial charge in [-0.25, -0.2) is 0 Å². The van der Waals surface area contributed by atoms with Crippen molar-refractivity contribution in [2.75, 3.05) is 13.2 Å². The van der Waals surface area contributed by atoms with Crippen LogP contribution < -0.4 is 0 Å². The predicted molar refractivity (Wildman–Crippen MR) is 62.8 cm³/mol. The normalized spacial score (nSPS) is 32.2. The Bertz CT molecular complexity index is 168. The van der Waals surface area contributed by atoms with Gasteiger partial charge in [0.05, 0.1) is 6.10 Å². The molecule has 0 aromatic rings. The van der Waals surface area contributed by atoms with Crippen molar-refractivity contribution < 1.29 is 9.84 Å². The van der Waals surface area contributed by atoms with Gasteiger partial charge in [-0.2, -0.15) is 0 Å². The van der Waals surface area contributed by atoms with Gasteiger partial charge in [-0.05, 0) is 37.0 Å². The number of aliphatic hydroxyl groups excluding tert-OH is 1. The molecule has 0 heterocycles. The van der Waals surface area contributed by atoms with E-state index in [1.807, 2.05) is 0 Å². The topological polar surface area (TPSA) is 29.5 Å². The summed E-state index contributed by atoms with van der Waals surface area (Å²) in [6.45, 7) is 7.87. The Morgan fingerprint density at radius 2 is 2.07 bits per heavy atom. The van der Waals surface area contributed by atoms with Crippen LogP contribution in [0.4, 0.5) is 0 Å². The molecule has 0 saturated heterocycles. The average Bonchev–Trinajstić information content (AvgIpc) is 2.18. The third-order valence-electron chi connectivity index (χ3n) is 3.60. The fraction of sp³-hybridized carbons (Fsp3) is 1.00. The van der Waals surface area contributed by atoms with Gasteiger partial charge in [0.2, 0.25) is 0 Å². The van der Waals surface area contributed by atoms with Crippen LogP contribution in [-0.2, 0) is 4.74 Å². The van der Waals surface area contributed by atoms with Crippen LogP contribution in [-0.4, -0.2) is 24.4 Å². The lowest BCUT2D eigenvalue weighted by atomic mass is 9.75. The predicted octanol–water partition coefficient (Wildman–Crippen LogP) is 2.85. The molecule has 2 nitrogen and oxygen atoms in total. The highest BCUT2D eigenvalue weighted by atomic mass is 16.5. The summed E-state index contributed by atoms with van der Waals surface area (Å²) < 4.78 is 5.91. The molecule has 15 heavy (non-hydrogen) atoms. The molecule has 1 fully saturated rings. The van der Waals surface area contributed by atoms with Crippen molar-refractivity contribution in [1.82, 2.24) is 0 Å². The number of aliphatic hydroxyl groups is 1. The summed E-state index contributed by atoms with van der Waals surface area (Å²) in [6.07, 6.45) is 5.07. The lowest BCUT2D eigenvalue weighted by Crippen LogP contribution is -2.34. The van der Waals surface area contributed by atoms with Crippen molar-refractivity contribution >= 4 is 0 Å². The lowest BCUT2D eigenvalue weighted by molar-refractivity contribution is -0.0417. The summed E-state index contributed by atoms with van der Waals surface area (Å²) in [5.74, 6) is 2.25. The zero-order chi connectivity index (χ0) is 11.3. The van der Waals surface area contributed by atoms with E-state index in [4.69, 9.17) is 9.84 Å². The molecule has 2 heteroatoms. The summed E-state index contributed by atoms with van der Waals surface area (Å²) in [4.78, 5) is 0. The van der Waals surface area contributed by atoms with Crippen LogP contribution in [0.1, 0.15) is 46.5 Å². The summed E-state index contributed by atoms with van der Waals surface area (Å²) in [6, 6.07) is 0. The van der Waals surface area contributed by atoms with E-state index in [9.17, 15) is 0 Å². The van der Waals surface area contributed by atoms with Crippen molar-refractivity contribution in [3.8, 4) is 0 Å². The van der Waals surface area contributed by atoms with Gasteiger partial charge in [-0.15, -0.1) is 0 Å². The summed E-state index contributed by atoms with van der Waals surface area (Å²) in [5.41, 5.74) is 0.